The van der Waals surface area contributed by atoms with Gasteiger partial charge in [0.1, 0.15) is 35.8 Å². The molecule has 1 heterocycles. The van der Waals surface area contributed by atoms with Gasteiger partial charge >= 0.3 is 0 Å². The maximum absolute atomic E-state index is 9.87. The number of benzene rings is 3. The Hall–Kier alpha value is -5.52. The van der Waals surface area contributed by atoms with Gasteiger partial charge in [-0.1, -0.05) is 36.4 Å². The van der Waals surface area contributed by atoms with Crippen molar-refractivity contribution in [3.8, 4) is 35.4 Å². The number of para-hydroxylation sites is 1. The number of hydrogen-bond acceptors (Lipinski definition) is 7. The van der Waals surface area contributed by atoms with Crippen molar-refractivity contribution in [2.45, 2.75) is 6.61 Å². The van der Waals surface area contributed by atoms with E-state index in [9.17, 15) is 10.5 Å². The summed E-state index contributed by atoms with van der Waals surface area (Å²) < 4.78 is 12.8. The Morgan fingerprint density at radius 3 is 2.36 bits per heavy atom. The molecule has 0 saturated carbocycles. The van der Waals surface area contributed by atoms with Crippen LogP contribution < -0.4 is 15.2 Å². The Kier molecular flexibility index (Phi) is 6.96. The maximum Gasteiger partial charge on any atom is 0.161 e. The zero-order valence-electron chi connectivity index (χ0n) is 19.3. The van der Waals surface area contributed by atoms with Crippen LogP contribution in [0.3, 0.4) is 0 Å². The van der Waals surface area contributed by atoms with Crippen LogP contribution in [0.1, 0.15) is 27.9 Å². The quantitative estimate of drug-likeness (QED) is 0.380. The van der Waals surface area contributed by atoms with E-state index in [1.807, 2.05) is 42.5 Å². The van der Waals surface area contributed by atoms with Gasteiger partial charge in [-0.05, 0) is 53.6 Å². The Morgan fingerprint density at radius 2 is 1.72 bits per heavy atom. The summed E-state index contributed by atoms with van der Waals surface area (Å²) in [4.78, 5) is 0. The van der Waals surface area contributed by atoms with Gasteiger partial charge in [-0.3, -0.25) is 0 Å². The van der Waals surface area contributed by atoms with Gasteiger partial charge in [0, 0.05) is 0 Å². The summed E-state index contributed by atoms with van der Waals surface area (Å²) >= 11 is 0. The minimum Gasteiger partial charge on any atom is -0.493 e. The molecule has 2 N–H and O–H groups in total. The number of ether oxygens (including phenoxy) is 2. The third-order valence-corrected chi connectivity index (χ3v) is 5.39. The van der Waals surface area contributed by atoms with Crippen LogP contribution in [-0.4, -0.2) is 16.9 Å². The lowest BCUT2D eigenvalue weighted by molar-refractivity contribution is 0.284. The number of nitrogen functional groups attached to an aromatic ring is 1. The molecule has 174 valence electrons. The Bertz CT molecular complexity index is 1550. The van der Waals surface area contributed by atoms with Crippen molar-refractivity contribution in [3.05, 3.63) is 101 Å². The molecule has 4 aromatic rings. The van der Waals surface area contributed by atoms with Crippen molar-refractivity contribution in [2.24, 2.45) is 0 Å². The summed E-state index contributed by atoms with van der Waals surface area (Å²) in [5.41, 5.74) is 9.51. The first-order chi connectivity index (χ1) is 17.6. The SMILES string of the molecule is COc1cc(C=C(C#N)c2nn(-c3ccccc3)c(N)c2C#N)ccc1OCc1ccc(C#N)cc1. The second-order valence-electron chi connectivity index (χ2n) is 7.65. The Balaban J connectivity index is 1.63. The first-order valence-corrected chi connectivity index (χ1v) is 10.8. The van der Waals surface area contributed by atoms with Crippen LogP contribution in [0.4, 0.5) is 5.82 Å². The Morgan fingerprint density at radius 1 is 0.972 bits per heavy atom. The molecular formula is C28H20N6O2. The molecule has 0 aliphatic heterocycles. The first kappa shape index (κ1) is 23.6. The highest BCUT2D eigenvalue weighted by Crippen LogP contribution is 2.32. The van der Waals surface area contributed by atoms with E-state index in [2.05, 4.69) is 23.3 Å². The van der Waals surface area contributed by atoms with Crippen LogP contribution in [0, 0.1) is 34.0 Å². The number of nitrogens with two attached hydrogens (primary N) is 1. The molecule has 0 aliphatic carbocycles. The molecule has 0 aliphatic rings. The molecule has 0 spiro atoms. The van der Waals surface area contributed by atoms with Crippen molar-refractivity contribution >= 4 is 17.5 Å². The van der Waals surface area contributed by atoms with Gasteiger partial charge in [-0.15, -0.1) is 0 Å². The molecule has 8 nitrogen and oxygen atoms in total. The predicted octanol–water partition coefficient (Wildman–Crippen LogP) is 4.85. The highest BCUT2D eigenvalue weighted by molar-refractivity contribution is 5.91. The second-order valence-corrected chi connectivity index (χ2v) is 7.65. The van der Waals surface area contributed by atoms with E-state index in [4.69, 9.17) is 20.5 Å². The second kappa shape index (κ2) is 10.6. The molecular weight excluding hydrogens is 452 g/mol. The number of anilines is 1. The highest BCUT2D eigenvalue weighted by Gasteiger charge is 2.20. The molecule has 0 saturated heterocycles. The fourth-order valence-electron chi connectivity index (χ4n) is 3.55. The molecule has 0 bridgehead atoms. The highest BCUT2D eigenvalue weighted by atomic mass is 16.5. The molecule has 4 rings (SSSR count). The summed E-state index contributed by atoms with van der Waals surface area (Å²) in [6.45, 7) is 0.294. The van der Waals surface area contributed by atoms with Crippen LogP contribution in [0.2, 0.25) is 0 Å². The summed E-state index contributed by atoms with van der Waals surface area (Å²) in [5.74, 6) is 1.15. The number of aromatic nitrogens is 2. The first-order valence-electron chi connectivity index (χ1n) is 10.8. The van der Waals surface area contributed by atoms with Crippen LogP contribution in [0.15, 0.2) is 72.8 Å². The van der Waals surface area contributed by atoms with Gasteiger partial charge in [0.25, 0.3) is 0 Å². The van der Waals surface area contributed by atoms with Crippen LogP contribution in [0.25, 0.3) is 17.3 Å². The standard InChI is InChI=1S/C28H20N6O2/c1-35-26-14-21(11-12-25(26)36-18-20-9-7-19(15-29)8-10-20)13-22(16-30)27-24(17-31)28(32)34(33-27)23-5-3-2-4-6-23/h2-14H,18,32H2,1H3. The fourth-order valence-corrected chi connectivity index (χ4v) is 3.55. The minimum absolute atomic E-state index is 0.126. The van der Waals surface area contributed by atoms with Crippen molar-refractivity contribution in [3.63, 3.8) is 0 Å². The molecule has 36 heavy (non-hydrogen) atoms. The van der Waals surface area contributed by atoms with Gasteiger partial charge in [0.2, 0.25) is 0 Å². The summed E-state index contributed by atoms with van der Waals surface area (Å²) in [5, 5.41) is 33.0. The molecule has 0 radical (unpaired) electrons. The lowest BCUT2D eigenvalue weighted by Gasteiger charge is -2.11. The number of methoxy groups -OCH3 is 1. The van der Waals surface area contributed by atoms with Crippen LogP contribution in [-0.2, 0) is 6.61 Å². The van der Waals surface area contributed by atoms with Crippen molar-refractivity contribution in [2.75, 3.05) is 12.8 Å². The summed E-state index contributed by atoms with van der Waals surface area (Å²) in [6, 6.07) is 27.8. The number of allylic oxidation sites excluding steroid dienone is 1. The lowest BCUT2D eigenvalue weighted by Crippen LogP contribution is -2.02. The van der Waals surface area contributed by atoms with E-state index in [-0.39, 0.29) is 22.6 Å². The van der Waals surface area contributed by atoms with E-state index < -0.39 is 0 Å². The van der Waals surface area contributed by atoms with Crippen molar-refractivity contribution < 1.29 is 9.47 Å². The van der Waals surface area contributed by atoms with E-state index in [0.29, 0.717) is 34.9 Å². The number of nitrogens with zero attached hydrogens (tertiary/aromatic N) is 5. The van der Waals surface area contributed by atoms with Gasteiger partial charge in [0.15, 0.2) is 11.5 Å². The van der Waals surface area contributed by atoms with Crippen molar-refractivity contribution in [1.29, 1.82) is 15.8 Å². The van der Waals surface area contributed by atoms with Gasteiger partial charge in [0.05, 0.1) is 30.0 Å². The molecule has 0 amide bonds. The van der Waals surface area contributed by atoms with E-state index in [1.165, 1.54) is 11.8 Å². The third kappa shape index (κ3) is 4.87. The lowest BCUT2D eigenvalue weighted by atomic mass is 10.1. The minimum atomic E-state index is 0.126. The smallest absolute Gasteiger partial charge is 0.161 e. The van der Waals surface area contributed by atoms with E-state index in [0.717, 1.165) is 5.56 Å². The fraction of sp³-hybridized carbons (Fsp3) is 0.0714. The van der Waals surface area contributed by atoms with Crippen LogP contribution >= 0.6 is 0 Å². The Labute approximate surface area is 208 Å². The normalized spacial score (nSPS) is 10.7. The number of rotatable bonds is 7. The zero-order valence-corrected chi connectivity index (χ0v) is 19.3. The average Bonchev–Trinajstić information content (AvgIpc) is 3.27. The third-order valence-electron chi connectivity index (χ3n) is 5.39. The molecule has 3 aromatic carbocycles. The monoisotopic (exact) mass is 472 g/mol. The average molecular weight is 473 g/mol. The van der Waals surface area contributed by atoms with Crippen molar-refractivity contribution in [1.82, 2.24) is 9.78 Å². The summed E-state index contributed by atoms with van der Waals surface area (Å²) in [6.07, 6.45) is 1.62. The predicted molar refractivity (Wildman–Crippen MR) is 135 cm³/mol. The molecule has 8 heteroatoms. The zero-order chi connectivity index (χ0) is 25.5. The largest absolute Gasteiger partial charge is 0.493 e. The molecule has 0 atom stereocenters. The van der Waals surface area contributed by atoms with Gasteiger partial charge in [-0.2, -0.15) is 20.9 Å². The van der Waals surface area contributed by atoms with Crippen LogP contribution in [0.5, 0.6) is 11.5 Å². The summed E-state index contributed by atoms with van der Waals surface area (Å²) in [7, 11) is 1.53. The number of hydrogen-bond donors (Lipinski definition) is 1. The number of nitriles is 3. The molecule has 0 unspecified atom stereocenters. The maximum atomic E-state index is 9.87. The van der Waals surface area contributed by atoms with E-state index in [1.54, 1.807) is 36.4 Å². The van der Waals surface area contributed by atoms with Gasteiger partial charge < -0.3 is 15.2 Å². The van der Waals surface area contributed by atoms with E-state index >= 15 is 0 Å². The molecule has 1 aromatic heterocycles. The van der Waals surface area contributed by atoms with Gasteiger partial charge in [-0.25, -0.2) is 4.68 Å². The topological polar surface area (TPSA) is 134 Å². The molecule has 0 fully saturated rings.